The topological polar surface area (TPSA) is 43.4 Å². The van der Waals surface area contributed by atoms with Crippen molar-refractivity contribution >= 4 is 11.8 Å². The third kappa shape index (κ3) is 1.26. The molecule has 2 saturated carbocycles. The van der Waals surface area contributed by atoms with Gasteiger partial charge in [-0.3, -0.25) is 9.59 Å². The SMILES string of the molecule is CC(=O)OC1CC2C(=O)CCCC12C. The molecule has 0 radical (unpaired) electrons. The van der Waals surface area contributed by atoms with Crippen LogP contribution in [-0.2, 0) is 14.3 Å². The normalized spacial score (nSPS) is 41.1. The van der Waals surface area contributed by atoms with E-state index < -0.39 is 0 Å². The minimum Gasteiger partial charge on any atom is -0.462 e. The Balaban J connectivity index is 2.07. The zero-order chi connectivity index (χ0) is 10.3. The van der Waals surface area contributed by atoms with E-state index in [9.17, 15) is 9.59 Å². The maximum Gasteiger partial charge on any atom is 0.302 e. The number of Topliss-reactive ketones (excluding diaryl/α,β-unsaturated/α-hetero) is 1. The molecule has 2 aliphatic carbocycles. The number of ketones is 1. The van der Waals surface area contributed by atoms with Gasteiger partial charge in [-0.15, -0.1) is 0 Å². The van der Waals surface area contributed by atoms with Gasteiger partial charge in [0, 0.05) is 24.7 Å². The van der Waals surface area contributed by atoms with Crippen molar-refractivity contribution in [1.82, 2.24) is 0 Å². The maximum atomic E-state index is 11.6. The quantitative estimate of drug-likeness (QED) is 0.599. The molecule has 0 aliphatic heterocycles. The first-order chi connectivity index (χ1) is 6.54. The minimum absolute atomic E-state index is 0.0192. The molecule has 0 aromatic rings. The van der Waals surface area contributed by atoms with Crippen LogP contribution in [0.2, 0.25) is 0 Å². The number of rotatable bonds is 1. The predicted octanol–water partition coefficient (Wildman–Crippen LogP) is 1.70. The number of ether oxygens (including phenoxy) is 1. The Morgan fingerprint density at radius 3 is 2.93 bits per heavy atom. The van der Waals surface area contributed by atoms with Gasteiger partial charge in [-0.1, -0.05) is 6.92 Å². The van der Waals surface area contributed by atoms with E-state index in [-0.39, 0.29) is 23.4 Å². The second-order valence-corrected chi connectivity index (χ2v) is 4.71. The molecule has 14 heavy (non-hydrogen) atoms. The Hall–Kier alpha value is -0.860. The third-order valence-corrected chi connectivity index (χ3v) is 3.82. The molecule has 3 nitrogen and oxygen atoms in total. The zero-order valence-corrected chi connectivity index (χ0v) is 8.71. The van der Waals surface area contributed by atoms with Gasteiger partial charge < -0.3 is 4.74 Å². The van der Waals surface area contributed by atoms with E-state index in [1.54, 1.807) is 0 Å². The fourth-order valence-electron chi connectivity index (χ4n) is 2.85. The highest BCUT2D eigenvalue weighted by Gasteiger charge is 2.57. The van der Waals surface area contributed by atoms with Crippen molar-refractivity contribution in [3.8, 4) is 0 Å². The van der Waals surface area contributed by atoms with Crippen molar-refractivity contribution in [2.24, 2.45) is 11.3 Å². The van der Waals surface area contributed by atoms with Crippen LogP contribution >= 0.6 is 0 Å². The lowest BCUT2D eigenvalue weighted by molar-refractivity contribution is -0.187. The van der Waals surface area contributed by atoms with Gasteiger partial charge in [-0.05, 0) is 19.3 Å². The van der Waals surface area contributed by atoms with E-state index in [1.807, 2.05) is 0 Å². The molecule has 0 amide bonds. The number of carbonyl (C=O) groups excluding carboxylic acids is 2. The smallest absolute Gasteiger partial charge is 0.302 e. The van der Waals surface area contributed by atoms with Gasteiger partial charge in [-0.25, -0.2) is 0 Å². The molecule has 0 N–H and O–H groups in total. The lowest BCUT2D eigenvalue weighted by atomic mass is 9.52. The van der Waals surface area contributed by atoms with E-state index in [0.29, 0.717) is 12.2 Å². The van der Waals surface area contributed by atoms with Crippen LogP contribution in [0.15, 0.2) is 0 Å². The van der Waals surface area contributed by atoms with Gasteiger partial charge in [0.1, 0.15) is 11.9 Å². The number of hydrogen-bond acceptors (Lipinski definition) is 3. The molecule has 2 fully saturated rings. The van der Waals surface area contributed by atoms with E-state index in [0.717, 1.165) is 19.3 Å². The molecule has 0 aromatic carbocycles. The summed E-state index contributed by atoms with van der Waals surface area (Å²) in [7, 11) is 0. The molecule has 0 aromatic heterocycles. The highest BCUT2D eigenvalue weighted by molar-refractivity contribution is 5.84. The van der Waals surface area contributed by atoms with Crippen molar-refractivity contribution < 1.29 is 14.3 Å². The van der Waals surface area contributed by atoms with E-state index in [2.05, 4.69) is 6.92 Å². The van der Waals surface area contributed by atoms with Crippen LogP contribution in [-0.4, -0.2) is 17.9 Å². The predicted molar refractivity (Wildman–Crippen MR) is 50.6 cm³/mol. The summed E-state index contributed by atoms with van der Waals surface area (Å²) in [6.45, 7) is 3.51. The van der Waals surface area contributed by atoms with Crippen LogP contribution in [0, 0.1) is 11.3 Å². The first kappa shape index (κ1) is 9.69. The second kappa shape index (κ2) is 3.07. The highest BCUT2D eigenvalue weighted by Crippen LogP contribution is 2.55. The number of hydrogen-bond donors (Lipinski definition) is 0. The molecule has 3 unspecified atom stereocenters. The van der Waals surface area contributed by atoms with E-state index >= 15 is 0 Å². The van der Waals surface area contributed by atoms with Crippen LogP contribution < -0.4 is 0 Å². The van der Waals surface area contributed by atoms with Crippen LogP contribution in [0.1, 0.15) is 39.5 Å². The van der Waals surface area contributed by atoms with E-state index in [4.69, 9.17) is 4.74 Å². The Kier molecular flexibility index (Phi) is 2.13. The van der Waals surface area contributed by atoms with Gasteiger partial charge in [0.2, 0.25) is 0 Å². The number of carbonyl (C=O) groups is 2. The molecule has 2 rings (SSSR count). The summed E-state index contributed by atoms with van der Waals surface area (Å²) in [4.78, 5) is 22.4. The second-order valence-electron chi connectivity index (χ2n) is 4.71. The summed E-state index contributed by atoms with van der Waals surface area (Å²) >= 11 is 0. The molecule has 0 heterocycles. The molecular weight excluding hydrogens is 180 g/mol. The largest absolute Gasteiger partial charge is 0.462 e. The van der Waals surface area contributed by atoms with Gasteiger partial charge in [0.15, 0.2) is 0 Å². The summed E-state index contributed by atoms with van der Waals surface area (Å²) in [5.74, 6) is 0.287. The van der Waals surface area contributed by atoms with E-state index in [1.165, 1.54) is 6.92 Å². The lowest BCUT2D eigenvalue weighted by Crippen LogP contribution is -2.57. The average molecular weight is 196 g/mol. The summed E-state index contributed by atoms with van der Waals surface area (Å²) in [6.07, 6.45) is 3.40. The Labute approximate surface area is 83.8 Å². The van der Waals surface area contributed by atoms with Gasteiger partial charge in [-0.2, -0.15) is 0 Å². The fourth-order valence-corrected chi connectivity index (χ4v) is 2.85. The van der Waals surface area contributed by atoms with Crippen molar-refractivity contribution in [1.29, 1.82) is 0 Å². The maximum absolute atomic E-state index is 11.6. The number of fused-ring (bicyclic) bond motifs is 1. The summed E-state index contributed by atoms with van der Waals surface area (Å²) in [6, 6.07) is 0. The summed E-state index contributed by atoms with van der Waals surface area (Å²) in [5, 5.41) is 0. The molecule has 78 valence electrons. The molecule has 3 atom stereocenters. The van der Waals surface area contributed by atoms with Gasteiger partial charge >= 0.3 is 5.97 Å². The molecular formula is C11H16O3. The molecule has 0 saturated heterocycles. The standard InChI is InChI=1S/C11H16O3/c1-7(12)14-10-6-8-9(13)4-3-5-11(8,10)2/h8,10H,3-6H2,1-2H3. The number of esters is 1. The molecule has 3 heteroatoms. The van der Waals surface area contributed by atoms with Crippen molar-refractivity contribution in [2.75, 3.05) is 0 Å². The average Bonchev–Trinajstić information content (AvgIpc) is 2.09. The Morgan fingerprint density at radius 1 is 1.57 bits per heavy atom. The first-order valence-corrected chi connectivity index (χ1v) is 5.24. The fraction of sp³-hybridized carbons (Fsp3) is 0.818. The monoisotopic (exact) mass is 196 g/mol. The van der Waals surface area contributed by atoms with Gasteiger partial charge in [0.05, 0.1) is 0 Å². The third-order valence-electron chi connectivity index (χ3n) is 3.82. The van der Waals surface area contributed by atoms with Crippen molar-refractivity contribution in [2.45, 2.75) is 45.6 Å². The van der Waals surface area contributed by atoms with Crippen LogP contribution in [0.5, 0.6) is 0 Å². The zero-order valence-electron chi connectivity index (χ0n) is 8.71. The molecule has 0 spiro atoms. The van der Waals surface area contributed by atoms with Crippen LogP contribution in [0.25, 0.3) is 0 Å². The highest BCUT2D eigenvalue weighted by atomic mass is 16.5. The van der Waals surface area contributed by atoms with Crippen LogP contribution in [0.3, 0.4) is 0 Å². The minimum atomic E-state index is -0.229. The summed E-state index contributed by atoms with van der Waals surface area (Å²) in [5.41, 5.74) is -0.0546. The van der Waals surface area contributed by atoms with Crippen LogP contribution in [0.4, 0.5) is 0 Å². The lowest BCUT2D eigenvalue weighted by Gasteiger charge is -2.54. The summed E-state index contributed by atoms with van der Waals surface area (Å²) < 4.78 is 5.22. The Bertz CT molecular complexity index is 284. The molecule has 0 bridgehead atoms. The van der Waals surface area contributed by atoms with Gasteiger partial charge in [0.25, 0.3) is 0 Å². The van der Waals surface area contributed by atoms with Crippen molar-refractivity contribution in [3.05, 3.63) is 0 Å². The molecule has 2 aliphatic rings. The first-order valence-electron chi connectivity index (χ1n) is 5.24. The Morgan fingerprint density at radius 2 is 2.29 bits per heavy atom. The van der Waals surface area contributed by atoms with Crippen molar-refractivity contribution in [3.63, 3.8) is 0 Å².